The van der Waals surface area contributed by atoms with Crippen molar-refractivity contribution in [2.45, 2.75) is 47.0 Å². The van der Waals surface area contributed by atoms with Crippen molar-refractivity contribution in [1.29, 1.82) is 0 Å². The van der Waals surface area contributed by atoms with Crippen LogP contribution >= 0.6 is 23.2 Å². The van der Waals surface area contributed by atoms with Crippen LogP contribution in [0.15, 0.2) is 0 Å². The van der Waals surface area contributed by atoms with E-state index in [-0.39, 0.29) is 13.7 Å². The van der Waals surface area contributed by atoms with Crippen LogP contribution in [0.25, 0.3) is 0 Å². The highest BCUT2D eigenvalue weighted by molar-refractivity contribution is 6.33. The van der Waals surface area contributed by atoms with E-state index in [2.05, 4.69) is 27.9 Å². The zero-order valence-electron chi connectivity index (χ0n) is 13.5. The number of ether oxygens (including phenoxy) is 1. The van der Waals surface area contributed by atoms with Crippen molar-refractivity contribution in [2.75, 3.05) is 27.7 Å². The Hall–Kier alpha value is -0.200. The van der Waals surface area contributed by atoms with Crippen LogP contribution < -0.4 is 0 Å². The molecule has 0 saturated carbocycles. The van der Waals surface area contributed by atoms with Crippen LogP contribution in [0.1, 0.15) is 12.8 Å². The minimum atomic E-state index is -6.77. The summed E-state index contributed by atoms with van der Waals surface area (Å²) in [6, 6.07) is 0. The van der Waals surface area contributed by atoms with Crippen molar-refractivity contribution in [2.24, 2.45) is 0 Å². The van der Waals surface area contributed by atoms with E-state index < -0.39 is 47.0 Å². The molecule has 0 radical (unpaired) electrons. The Morgan fingerprint density at radius 1 is 0.808 bits per heavy atom. The molecule has 14 heteroatoms. The molecule has 2 unspecified atom stereocenters. The van der Waals surface area contributed by atoms with E-state index in [1.165, 1.54) is 19.0 Å². The first-order valence-electron chi connectivity index (χ1n) is 6.69. The van der Waals surface area contributed by atoms with Crippen LogP contribution in [0.3, 0.4) is 0 Å². The smallest absolute Gasteiger partial charge is 0.363 e. The monoisotopic (exact) mass is 449 g/mol. The third-order valence-electron chi connectivity index (χ3n) is 3.59. The Balaban J connectivity index is 6.37. The molecule has 2 atom stereocenters. The maximum absolute atomic E-state index is 14.2. The summed E-state index contributed by atoms with van der Waals surface area (Å²) >= 11 is 8.16. The lowest BCUT2D eigenvalue weighted by atomic mass is 9.83. The van der Waals surface area contributed by atoms with Crippen LogP contribution in [0, 0.1) is 0 Å². The molecule has 0 aromatic heterocycles. The van der Waals surface area contributed by atoms with E-state index in [1.54, 1.807) is 0 Å². The molecule has 2 nitrogen and oxygen atoms in total. The second-order valence-corrected chi connectivity index (χ2v) is 6.65. The molecule has 26 heavy (non-hydrogen) atoms. The molecule has 0 saturated heterocycles. The van der Waals surface area contributed by atoms with Gasteiger partial charge >= 0.3 is 28.5 Å². The van der Waals surface area contributed by atoms with Gasteiger partial charge in [0.2, 0.25) is 5.60 Å². The topological polar surface area (TPSA) is 12.5 Å². The highest BCUT2D eigenvalue weighted by atomic mass is 35.5. The van der Waals surface area contributed by atoms with E-state index in [0.717, 1.165) is 0 Å². The average Bonchev–Trinajstić information content (AvgIpc) is 2.39. The second-order valence-electron chi connectivity index (χ2n) is 5.66. The van der Waals surface area contributed by atoms with Crippen molar-refractivity contribution < 1.29 is 48.6 Å². The third-order valence-corrected chi connectivity index (χ3v) is 4.42. The molecule has 0 spiro atoms. The Kier molecular flexibility index (Phi) is 7.61. The average molecular weight is 450 g/mol. The molecule has 0 aliphatic carbocycles. The van der Waals surface area contributed by atoms with Gasteiger partial charge in [0.05, 0.1) is 0 Å². The summed E-state index contributed by atoms with van der Waals surface area (Å²) in [5.41, 5.74) is -5.01. The normalized spacial score (nSPS) is 19.4. The number of hydrogen-bond acceptors (Lipinski definition) is 2. The van der Waals surface area contributed by atoms with E-state index >= 15 is 0 Å². The standard InChI is InChI=1S/C12H15Cl2F10NO/c1-25(2)6-4-5-7(26-3,12(22,23)24)9(16,17)10(18,19)8(13,15)11(14,20)21/h4-6H2,1-3H3. The van der Waals surface area contributed by atoms with Crippen molar-refractivity contribution >= 4 is 23.2 Å². The molecular weight excluding hydrogens is 435 g/mol. The van der Waals surface area contributed by atoms with Gasteiger partial charge in [-0.1, -0.05) is 11.6 Å². The molecule has 0 aromatic rings. The van der Waals surface area contributed by atoms with E-state index in [0.29, 0.717) is 0 Å². The first-order chi connectivity index (χ1) is 11.2. The first-order valence-corrected chi connectivity index (χ1v) is 7.45. The fraction of sp³-hybridized carbons (Fsp3) is 1.00. The predicted molar refractivity (Wildman–Crippen MR) is 74.0 cm³/mol. The van der Waals surface area contributed by atoms with Crippen LogP contribution in [0.5, 0.6) is 0 Å². The number of halogens is 12. The Bertz CT molecular complexity index is 478. The fourth-order valence-corrected chi connectivity index (χ4v) is 2.33. The quantitative estimate of drug-likeness (QED) is 0.350. The van der Waals surface area contributed by atoms with Gasteiger partial charge in [-0.15, -0.1) is 0 Å². The summed E-state index contributed by atoms with van der Waals surface area (Å²) in [6.07, 6.45) is -8.77. The fourth-order valence-electron chi connectivity index (χ4n) is 2.10. The molecule has 0 bridgehead atoms. The van der Waals surface area contributed by atoms with E-state index in [1.807, 2.05) is 0 Å². The highest BCUT2D eigenvalue weighted by Crippen LogP contribution is 2.61. The lowest BCUT2D eigenvalue weighted by Crippen LogP contribution is -2.72. The van der Waals surface area contributed by atoms with Gasteiger partial charge in [-0.3, -0.25) is 0 Å². The third kappa shape index (κ3) is 4.12. The Morgan fingerprint density at radius 3 is 1.50 bits per heavy atom. The van der Waals surface area contributed by atoms with Gasteiger partial charge in [0.25, 0.3) is 0 Å². The predicted octanol–water partition coefficient (Wildman–Crippen LogP) is 5.28. The second kappa shape index (κ2) is 7.67. The van der Waals surface area contributed by atoms with Crippen LogP contribution in [0.2, 0.25) is 0 Å². The molecule has 0 aromatic carbocycles. The van der Waals surface area contributed by atoms with Gasteiger partial charge in [-0.25, -0.2) is 4.39 Å². The molecule has 0 rings (SSSR count). The van der Waals surface area contributed by atoms with Crippen molar-refractivity contribution in [3.8, 4) is 0 Å². The van der Waals surface area contributed by atoms with Crippen LogP contribution in [-0.4, -0.2) is 66.8 Å². The summed E-state index contributed by atoms with van der Waals surface area (Å²) in [4.78, 5) is 1.24. The Morgan fingerprint density at radius 2 is 1.23 bits per heavy atom. The molecule has 0 heterocycles. The molecule has 0 aliphatic rings. The largest absolute Gasteiger partial charge is 0.423 e. The van der Waals surface area contributed by atoms with Gasteiger partial charge in [0.1, 0.15) is 0 Å². The molecule has 0 amide bonds. The summed E-state index contributed by atoms with van der Waals surface area (Å²) in [7, 11) is 2.70. The van der Waals surface area contributed by atoms with Crippen molar-refractivity contribution in [3.05, 3.63) is 0 Å². The van der Waals surface area contributed by atoms with Crippen LogP contribution in [0.4, 0.5) is 43.9 Å². The summed E-state index contributed by atoms with van der Waals surface area (Å²) < 4.78 is 139. The maximum atomic E-state index is 14.2. The van der Waals surface area contributed by atoms with Crippen molar-refractivity contribution in [3.63, 3.8) is 0 Å². The SMILES string of the molecule is COC(CCCN(C)C)(C(F)(F)F)C(F)(F)C(F)(F)C(F)(Cl)C(F)(F)Cl. The minimum Gasteiger partial charge on any atom is -0.363 e. The van der Waals surface area contributed by atoms with E-state index in [4.69, 9.17) is 0 Å². The zero-order valence-corrected chi connectivity index (χ0v) is 15.0. The minimum absolute atomic E-state index is 0.0140. The number of rotatable bonds is 9. The number of alkyl halides is 12. The van der Waals surface area contributed by atoms with Gasteiger partial charge < -0.3 is 9.64 Å². The van der Waals surface area contributed by atoms with Crippen LogP contribution in [-0.2, 0) is 4.74 Å². The van der Waals surface area contributed by atoms with Gasteiger partial charge in [0.15, 0.2) is 0 Å². The number of nitrogens with zero attached hydrogens (tertiary/aromatic N) is 1. The first kappa shape index (κ1) is 25.8. The number of methoxy groups -OCH3 is 1. The van der Waals surface area contributed by atoms with Gasteiger partial charge in [0, 0.05) is 7.11 Å². The Labute approximate surface area is 152 Å². The number of hydrogen-bond donors (Lipinski definition) is 0. The van der Waals surface area contributed by atoms with Crippen molar-refractivity contribution in [1.82, 2.24) is 4.90 Å². The maximum Gasteiger partial charge on any atom is 0.423 e. The lowest BCUT2D eigenvalue weighted by Gasteiger charge is -2.46. The summed E-state index contributed by atoms with van der Waals surface area (Å²) in [6.45, 7) is -0.282. The molecule has 0 fully saturated rings. The highest BCUT2D eigenvalue weighted by Gasteiger charge is 2.87. The molecule has 0 N–H and O–H groups in total. The molecular formula is C12H15Cl2F10NO. The van der Waals surface area contributed by atoms with Gasteiger partial charge in [-0.2, -0.15) is 39.5 Å². The summed E-state index contributed by atoms with van der Waals surface area (Å²) in [5, 5.41) is -11.9. The lowest BCUT2D eigenvalue weighted by molar-refractivity contribution is -0.401. The van der Waals surface area contributed by atoms with Gasteiger partial charge in [-0.05, 0) is 45.1 Å². The molecule has 158 valence electrons. The zero-order chi connectivity index (χ0) is 21.4. The van der Waals surface area contributed by atoms with E-state index in [9.17, 15) is 43.9 Å². The summed E-state index contributed by atoms with van der Waals surface area (Å²) in [5.74, 6) is -13.3. The molecule has 0 aliphatic heterocycles.